The molecule has 0 saturated carbocycles. The fourth-order valence-corrected chi connectivity index (χ4v) is 8.92. The van der Waals surface area contributed by atoms with Gasteiger partial charge >= 0.3 is 0 Å². The molecule has 1 atom stereocenters. The molecule has 2 aliphatic carbocycles. The van der Waals surface area contributed by atoms with Crippen molar-refractivity contribution in [3.05, 3.63) is 192 Å². The van der Waals surface area contributed by atoms with Crippen LogP contribution in [0.3, 0.4) is 0 Å². The quantitative estimate of drug-likeness (QED) is 0.167. The van der Waals surface area contributed by atoms with Gasteiger partial charge in [-0.1, -0.05) is 165 Å². The van der Waals surface area contributed by atoms with Gasteiger partial charge in [-0.05, 0) is 88.3 Å². The van der Waals surface area contributed by atoms with Gasteiger partial charge in [0.2, 0.25) is 0 Å². The van der Waals surface area contributed by atoms with Crippen LogP contribution in [0.2, 0.25) is 5.31 Å². The minimum absolute atomic E-state index is 0.144. The first-order chi connectivity index (χ1) is 25.2. The van der Waals surface area contributed by atoms with Crippen LogP contribution >= 0.6 is 0 Å². The highest BCUT2D eigenvalue weighted by Crippen LogP contribution is 2.56. The third-order valence-corrected chi connectivity index (χ3v) is 12.3. The summed E-state index contributed by atoms with van der Waals surface area (Å²) in [5.41, 5.74) is 12.8. The summed E-state index contributed by atoms with van der Waals surface area (Å²) in [5.74, 6) is 0. The van der Waals surface area contributed by atoms with E-state index < -0.39 is 11.0 Å². The Kier molecular flexibility index (Phi) is 7.57. The van der Waals surface area contributed by atoms with Crippen LogP contribution < -0.4 is 0 Å². The number of aliphatic hydroxyl groups is 1. The van der Waals surface area contributed by atoms with Crippen LogP contribution in [0.4, 0.5) is 0 Å². The predicted molar refractivity (Wildman–Crippen MR) is 221 cm³/mol. The maximum atomic E-state index is 11.0. The number of hydrogen-bond acceptors (Lipinski definition) is 1. The minimum atomic E-state index is -0.797. The molecule has 0 spiro atoms. The van der Waals surface area contributed by atoms with E-state index in [9.17, 15) is 5.11 Å². The Balaban J connectivity index is 1.30. The van der Waals surface area contributed by atoms with Crippen molar-refractivity contribution in [1.82, 2.24) is 4.57 Å². The molecule has 2 aliphatic rings. The summed E-state index contributed by atoms with van der Waals surface area (Å²) in [5, 5.41) is 13.3. The molecular weight excluding hydrogens is 629 g/mol. The van der Waals surface area contributed by atoms with Crippen LogP contribution in [0, 0.1) is 0 Å². The van der Waals surface area contributed by atoms with E-state index in [1.165, 1.54) is 71.8 Å². The van der Waals surface area contributed by atoms with Crippen molar-refractivity contribution < 1.29 is 5.11 Å². The highest BCUT2D eigenvalue weighted by Gasteiger charge is 2.46. The molecule has 7 aromatic rings. The molecule has 0 radical (unpaired) electrons. The molecule has 0 fully saturated rings. The Morgan fingerprint density at radius 1 is 0.615 bits per heavy atom. The third kappa shape index (κ3) is 4.98. The van der Waals surface area contributed by atoms with Gasteiger partial charge in [0, 0.05) is 16.3 Å². The van der Waals surface area contributed by atoms with Crippen LogP contribution in [0.5, 0.6) is 0 Å². The Morgan fingerprint density at radius 3 is 1.92 bits per heavy atom. The van der Waals surface area contributed by atoms with E-state index in [1.807, 2.05) is 13.8 Å². The molecular formula is C49H44BNO. The first-order valence-electron chi connectivity index (χ1n) is 18.6. The molecule has 2 nitrogen and oxygen atoms in total. The van der Waals surface area contributed by atoms with Crippen molar-refractivity contribution in [1.29, 1.82) is 0 Å². The lowest BCUT2D eigenvalue weighted by Gasteiger charge is -2.37. The summed E-state index contributed by atoms with van der Waals surface area (Å²) < 4.78 is 2.58. The monoisotopic (exact) mass is 673 g/mol. The molecule has 1 unspecified atom stereocenters. The van der Waals surface area contributed by atoms with Gasteiger partial charge < -0.3 is 9.67 Å². The topological polar surface area (TPSA) is 25.2 Å². The Bertz CT molecular complexity index is 2490. The van der Waals surface area contributed by atoms with Gasteiger partial charge in [0.15, 0.2) is 7.28 Å². The largest absolute Gasteiger partial charge is 0.391 e. The number of hydrogen-bond donors (Lipinski definition) is 1. The first kappa shape index (κ1) is 32.5. The van der Waals surface area contributed by atoms with E-state index in [-0.39, 0.29) is 11.4 Å². The Labute approximate surface area is 308 Å². The van der Waals surface area contributed by atoms with Gasteiger partial charge in [-0.2, -0.15) is 0 Å². The lowest BCUT2D eigenvalue weighted by atomic mass is 9.44. The Hall–Kier alpha value is -5.38. The highest BCUT2D eigenvalue weighted by molar-refractivity contribution is 6.50. The molecule has 9 rings (SSSR count). The van der Waals surface area contributed by atoms with Crippen LogP contribution in [-0.2, 0) is 5.41 Å². The van der Waals surface area contributed by atoms with Gasteiger partial charge in [0.05, 0.1) is 22.6 Å². The lowest BCUT2D eigenvalue weighted by Crippen LogP contribution is -2.38. The van der Waals surface area contributed by atoms with E-state index in [4.69, 9.17) is 0 Å². The van der Waals surface area contributed by atoms with E-state index in [1.54, 1.807) is 0 Å². The van der Waals surface area contributed by atoms with Crippen molar-refractivity contribution in [2.75, 3.05) is 0 Å². The van der Waals surface area contributed by atoms with E-state index >= 15 is 0 Å². The summed E-state index contributed by atoms with van der Waals surface area (Å²) in [4.78, 5) is 0. The van der Waals surface area contributed by atoms with Gasteiger partial charge in [-0.25, -0.2) is 0 Å². The molecule has 52 heavy (non-hydrogen) atoms. The van der Waals surface area contributed by atoms with Crippen molar-refractivity contribution in [3.8, 4) is 22.3 Å². The van der Waals surface area contributed by atoms with Gasteiger partial charge in [-0.15, -0.1) is 0 Å². The summed E-state index contributed by atoms with van der Waals surface area (Å²) in [6.45, 7) is 8.19. The summed E-state index contributed by atoms with van der Waals surface area (Å²) >= 11 is 0. The second-order valence-corrected chi connectivity index (χ2v) is 16.0. The number of aromatic nitrogens is 1. The van der Waals surface area contributed by atoms with Crippen LogP contribution in [0.1, 0.15) is 62.4 Å². The van der Waals surface area contributed by atoms with Crippen molar-refractivity contribution in [2.24, 2.45) is 0 Å². The standard InChI is InChI=1S/C49H44BNO/c1-47(2,48(3,4)52)50-37-20-15-21-38(32-37)51-45-29-27-36(31-42(45)41-28-26-34(30-46(41)51)33-16-7-5-8-17-33)49(35-18-9-6-10-19-35)43-24-13-11-22-39(43)40-23-12-14-25-44(40)49/h5-20,22-32,38,50,52H,21H2,1-4H3. The first-order valence-corrected chi connectivity index (χ1v) is 18.6. The average Bonchev–Trinajstić information content (AvgIpc) is 3.65. The van der Waals surface area contributed by atoms with Crippen molar-refractivity contribution >= 4 is 29.1 Å². The summed E-state index contributed by atoms with van der Waals surface area (Å²) in [6.07, 6.45) is 7.95. The van der Waals surface area contributed by atoms with Gasteiger partial charge in [0.1, 0.15) is 0 Å². The average molecular weight is 674 g/mol. The van der Waals surface area contributed by atoms with Crippen LogP contribution in [0.25, 0.3) is 44.1 Å². The molecule has 254 valence electrons. The maximum Gasteiger partial charge on any atom is 0.166 e. The second kappa shape index (κ2) is 12.1. The number of rotatable bonds is 7. The molecule has 0 bridgehead atoms. The summed E-state index contributed by atoms with van der Waals surface area (Å²) in [7, 11) is 0.804. The second-order valence-electron chi connectivity index (χ2n) is 16.0. The highest BCUT2D eigenvalue weighted by atomic mass is 16.3. The van der Waals surface area contributed by atoms with Crippen molar-refractivity contribution in [2.45, 2.75) is 56.5 Å². The molecule has 1 heterocycles. The smallest absolute Gasteiger partial charge is 0.166 e. The molecule has 3 heteroatoms. The lowest BCUT2D eigenvalue weighted by molar-refractivity contribution is 0.0408. The van der Waals surface area contributed by atoms with Gasteiger partial charge in [-0.3, -0.25) is 0 Å². The van der Waals surface area contributed by atoms with Crippen LogP contribution in [-0.4, -0.2) is 22.6 Å². The van der Waals surface area contributed by atoms with E-state index in [2.05, 4.69) is 182 Å². The molecule has 0 aliphatic heterocycles. The predicted octanol–water partition coefficient (Wildman–Crippen LogP) is 11.6. The number of benzene rings is 6. The molecule has 6 aromatic carbocycles. The molecule has 0 saturated heterocycles. The SMILES string of the molecule is CC(C)(O)C(C)(C)BC1=CC(n2c3ccc(C4(c5ccccc5)c5ccccc5-c5ccccc54)cc3c3ccc(-c4ccccc4)cc32)CC=C1. The minimum Gasteiger partial charge on any atom is -0.391 e. The zero-order valence-corrected chi connectivity index (χ0v) is 30.5. The van der Waals surface area contributed by atoms with Gasteiger partial charge in [0.25, 0.3) is 0 Å². The number of nitrogens with zero attached hydrogens (tertiary/aromatic N) is 1. The number of fused-ring (bicyclic) bond motifs is 6. The van der Waals surface area contributed by atoms with E-state index in [0.29, 0.717) is 0 Å². The normalized spacial score (nSPS) is 16.5. The van der Waals surface area contributed by atoms with E-state index in [0.717, 1.165) is 13.7 Å². The Morgan fingerprint density at radius 2 is 1.25 bits per heavy atom. The van der Waals surface area contributed by atoms with Crippen molar-refractivity contribution in [3.63, 3.8) is 0 Å². The van der Waals surface area contributed by atoms with Crippen LogP contribution in [0.15, 0.2) is 169 Å². The molecule has 0 amide bonds. The molecule has 1 aromatic heterocycles. The summed E-state index contributed by atoms with van der Waals surface area (Å²) in [6, 6.07) is 54.2. The maximum absolute atomic E-state index is 11.0. The zero-order valence-electron chi connectivity index (χ0n) is 30.5. The zero-order chi connectivity index (χ0) is 35.7. The fraction of sp³-hybridized carbons (Fsp3) is 0.184. The fourth-order valence-electron chi connectivity index (χ4n) is 8.92. The third-order valence-electron chi connectivity index (χ3n) is 12.3. The number of allylic oxidation sites excluding steroid dienone is 4. The molecule has 1 N–H and O–H groups in total.